The van der Waals surface area contributed by atoms with Crippen molar-refractivity contribution in [2.45, 2.75) is 32.6 Å². The number of nitrogens with one attached hydrogen (secondary N) is 1. The van der Waals surface area contributed by atoms with Crippen LogP contribution in [0.1, 0.15) is 50.6 Å². The predicted octanol–water partition coefficient (Wildman–Crippen LogP) is 4.12. The van der Waals surface area contributed by atoms with E-state index in [1.165, 1.54) is 5.56 Å². The van der Waals surface area contributed by atoms with Gasteiger partial charge in [-0.05, 0) is 49.6 Å². The van der Waals surface area contributed by atoms with Gasteiger partial charge in [-0.1, -0.05) is 12.1 Å². The number of furan rings is 1. The molecule has 3 aromatic rings. The highest BCUT2D eigenvalue weighted by atomic mass is 16.4. The Morgan fingerprint density at radius 1 is 1.06 bits per heavy atom. The third kappa shape index (κ3) is 4.61. The van der Waals surface area contributed by atoms with E-state index in [0.29, 0.717) is 29.7 Å². The zero-order chi connectivity index (χ0) is 23.5. The van der Waals surface area contributed by atoms with Crippen LogP contribution in [0.2, 0.25) is 0 Å². The highest BCUT2D eigenvalue weighted by Crippen LogP contribution is 2.31. The number of piperazine rings is 1. The highest BCUT2D eigenvalue weighted by Gasteiger charge is 2.29. The van der Waals surface area contributed by atoms with Crippen LogP contribution in [0.15, 0.2) is 53.2 Å². The number of hydrogen-bond donors (Lipinski definition) is 1. The summed E-state index contributed by atoms with van der Waals surface area (Å²) < 4.78 is 5.85. The smallest absolute Gasteiger partial charge is 0.291 e. The molecule has 7 nitrogen and oxygen atoms in total. The fourth-order valence-electron chi connectivity index (χ4n) is 4.95. The number of anilines is 2. The van der Waals surface area contributed by atoms with Gasteiger partial charge in [0.05, 0.1) is 16.9 Å². The Morgan fingerprint density at radius 2 is 1.82 bits per heavy atom. The standard InChI is InChI=1S/C27H30N4O3/c1-19-25-23(32)7-4-8-24(25)34-26(19)27(33)29-21-5-2-3-6-22(21)31-17-15-30(16-18-31)14-11-20-9-12-28-13-10-20/h2-3,5-6,9-10,12-13H,4,7-8,11,14-18H2,1H3,(H,29,33). The minimum Gasteiger partial charge on any atom is -0.455 e. The summed E-state index contributed by atoms with van der Waals surface area (Å²) in [6, 6.07) is 12.0. The van der Waals surface area contributed by atoms with Crippen LogP contribution in [-0.2, 0) is 12.8 Å². The fraction of sp³-hybridized carbons (Fsp3) is 0.370. The van der Waals surface area contributed by atoms with Crippen LogP contribution in [0.4, 0.5) is 11.4 Å². The lowest BCUT2D eigenvalue weighted by molar-refractivity contribution is 0.0963. The number of Topliss-reactive ketones (excluding diaryl/α,β-unsaturated/α-hetero) is 1. The third-order valence-corrected chi connectivity index (χ3v) is 6.84. The molecule has 1 aromatic carbocycles. The molecule has 1 aliphatic carbocycles. The first-order valence-corrected chi connectivity index (χ1v) is 12.0. The van der Waals surface area contributed by atoms with Gasteiger partial charge in [0.15, 0.2) is 11.5 Å². The van der Waals surface area contributed by atoms with Gasteiger partial charge < -0.3 is 14.6 Å². The average molecular weight is 459 g/mol. The van der Waals surface area contributed by atoms with Gasteiger partial charge in [0.25, 0.3) is 5.91 Å². The molecule has 1 fully saturated rings. The Hall–Kier alpha value is -3.45. The number of carbonyl (C=O) groups excluding carboxylic acids is 2. The molecule has 0 saturated carbocycles. The number of rotatable bonds is 6. The second kappa shape index (κ2) is 9.81. The van der Waals surface area contributed by atoms with E-state index in [4.69, 9.17) is 4.42 Å². The molecule has 176 valence electrons. The topological polar surface area (TPSA) is 78.7 Å². The first-order valence-electron chi connectivity index (χ1n) is 12.0. The van der Waals surface area contributed by atoms with Crippen LogP contribution in [0.25, 0.3) is 0 Å². The van der Waals surface area contributed by atoms with Gasteiger partial charge in [-0.25, -0.2) is 0 Å². The van der Waals surface area contributed by atoms with Crippen molar-refractivity contribution in [2.24, 2.45) is 0 Å². The Balaban J connectivity index is 1.24. The number of ketones is 1. The summed E-state index contributed by atoms with van der Waals surface area (Å²) in [6.07, 6.45) is 6.70. The van der Waals surface area contributed by atoms with Crippen LogP contribution in [0.5, 0.6) is 0 Å². The van der Waals surface area contributed by atoms with Crippen molar-refractivity contribution in [3.05, 3.63) is 77.0 Å². The molecule has 2 aliphatic rings. The molecule has 0 bridgehead atoms. The summed E-state index contributed by atoms with van der Waals surface area (Å²) in [5.41, 5.74) is 4.33. The maximum absolute atomic E-state index is 13.1. The molecule has 0 unspecified atom stereocenters. The molecular weight excluding hydrogens is 428 g/mol. The number of carbonyl (C=O) groups is 2. The van der Waals surface area contributed by atoms with Crippen LogP contribution >= 0.6 is 0 Å². The van der Waals surface area contributed by atoms with Gasteiger partial charge in [-0.2, -0.15) is 0 Å². The van der Waals surface area contributed by atoms with Crippen molar-refractivity contribution in [3.63, 3.8) is 0 Å². The van der Waals surface area contributed by atoms with Crippen LogP contribution < -0.4 is 10.2 Å². The van der Waals surface area contributed by atoms with Crippen LogP contribution in [0, 0.1) is 6.92 Å². The van der Waals surface area contributed by atoms with Crippen molar-refractivity contribution in [2.75, 3.05) is 42.9 Å². The SMILES string of the molecule is Cc1c(C(=O)Nc2ccccc2N2CCN(CCc3ccncc3)CC2)oc2c1C(=O)CCC2. The largest absolute Gasteiger partial charge is 0.455 e. The molecule has 0 radical (unpaired) electrons. The monoisotopic (exact) mass is 458 g/mol. The molecule has 1 aliphatic heterocycles. The van der Waals surface area contributed by atoms with Gasteiger partial charge >= 0.3 is 0 Å². The summed E-state index contributed by atoms with van der Waals surface area (Å²) in [5.74, 6) is 0.665. The molecule has 5 rings (SSSR count). The lowest BCUT2D eigenvalue weighted by Crippen LogP contribution is -2.47. The third-order valence-electron chi connectivity index (χ3n) is 6.84. The summed E-state index contributed by atoms with van der Waals surface area (Å²) >= 11 is 0. The molecule has 0 spiro atoms. The minimum atomic E-state index is -0.303. The second-order valence-electron chi connectivity index (χ2n) is 9.04. The van der Waals surface area contributed by atoms with Gasteiger partial charge in [-0.15, -0.1) is 0 Å². The molecule has 2 aromatic heterocycles. The first kappa shape index (κ1) is 22.3. The molecule has 1 N–H and O–H groups in total. The van der Waals surface area contributed by atoms with E-state index in [0.717, 1.165) is 56.9 Å². The van der Waals surface area contributed by atoms with E-state index < -0.39 is 0 Å². The summed E-state index contributed by atoms with van der Waals surface area (Å²) in [7, 11) is 0. The number of aryl methyl sites for hydroxylation is 1. The molecule has 3 heterocycles. The van der Waals surface area contributed by atoms with Crippen LogP contribution in [-0.4, -0.2) is 54.3 Å². The van der Waals surface area contributed by atoms with Gasteiger partial charge in [0, 0.05) is 63.5 Å². The maximum Gasteiger partial charge on any atom is 0.291 e. The van der Waals surface area contributed by atoms with Crippen LogP contribution in [0.3, 0.4) is 0 Å². The number of amides is 1. The first-order chi connectivity index (χ1) is 16.6. The summed E-state index contributed by atoms with van der Waals surface area (Å²) in [4.78, 5) is 34.3. The van der Waals surface area contributed by atoms with Gasteiger partial charge in [0.2, 0.25) is 0 Å². The van der Waals surface area contributed by atoms with Gasteiger partial charge in [-0.3, -0.25) is 19.5 Å². The number of hydrogen-bond acceptors (Lipinski definition) is 6. The zero-order valence-corrected chi connectivity index (χ0v) is 19.5. The fourth-order valence-corrected chi connectivity index (χ4v) is 4.95. The number of aromatic nitrogens is 1. The lowest BCUT2D eigenvalue weighted by Gasteiger charge is -2.37. The Kier molecular flexibility index (Phi) is 6.45. The zero-order valence-electron chi connectivity index (χ0n) is 19.5. The minimum absolute atomic E-state index is 0.0729. The van der Waals surface area contributed by atoms with E-state index in [-0.39, 0.29) is 17.5 Å². The van der Waals surface area contributed by atoms with E-state index in [1.54, 1.807) is 6.92 Å². The predicted molar refractivity (Wildman–Crippen MR) is 132 cm³/mol. The number of benzene rings is 1. The average Bonchev–Trinajstić information content (AvgIpc) is 3.22. The molecule has 34 heavy (non-hydrogen) atoms. The number of fused-ring (bicyclic) bond motifs is 1. The van der Waals surface area contributed by atoms with E-state index in [1.807, 2.05) is 36.7 Å². The molecule has 1 amide bonds. The van der Waals surface area contributed by atoms with Crippen molar-refractivity contribution in [1.29, 1.82) is 0 Å². The molecular formula is C27H30N4O3. The number of para-hydroxylation sites is 2. The van der Waals surface area contributed by atoms with Crippen molar-refractivity contribution in [3.8, 4) is 0 Å². The van der Waals surface area contributed by atoms with E-state index in [9.17, 15) is 9.59 Å². The highest BCUT2D eigenvalue weighted by molar-refractivity contribution is 6.08. The van der Waals surface area contributed by atoms with E-state index in [2.05, 4.69) is 32.2 Å². The number of nitrogens with zero attached hydrogens (tertiary/aromatic N) is 3. The van der Waals surface area contributed by atoms with Crippen molar-refractivity contribution < 1.29 is 14.0 Å². The molecule has 7 heteroatoms. The normalized spacial score (nSPS) is 16.4. The second-order valence-corrected chi connectivity index (χ2v) is 9.04. The molecule has 1 saturated heterocycles. The van der Waals surface area contributed by atoms with Crippen molar-refractivity contribution in [1.82, 2.24) is 9.88 Å². The Bertz CT molecular complexity index is 1180. The quantitative estimate of drug-likeness (QED) is 0.599. The Labute approximate surface area is 199 Å². The number of pyridine rings is 1. The van der Waals surface area contributed by atoms with E-state index >= 15 is 0 Å². The molecule has 0 atom stereocenters. The summed E-state index contributed by atoms with van der Waals surface area (Å²) in [5, 5.41) is 3.04. The maximum atomic E-state index is 13.1. The van der Waals surface area contributed by atoms with Crippen molar-refractivity contribution >= 4 is 23.1 Å². The van der Waals surface area contributed by atoms with Gasteiger partial charge in [0.1, 0.15) is 5.76 Å². The summed E-state index contributed by atoms with van der Waals surface area (Å²) in [6.45, 7) is 6.56. The lowest BCUT2D eigenvalue weighted by atomic mass is 9.94. The Morgan fingerprint density at radius 3 is 2.59 bits per heavy atom.